The molecule has 0 saturated carbocycles. The Morgan fingerprint density at radius 2 is 1.27 bits per heavy atom. The molecule has 0 aromatic heterocycles. The van der Waals surface area contributed by atoms with Crippen LogP contribution in [0.2, 0.25) is 0 Å². The summed E-state index contributed by atoms with van der Waals surface area (Å²) in [5.74, 6) is 0. The molecule has 1 heterocycles. The van der Waals surface area contributed by atoms with E-state index in [0.717, 1.165) is 0 Å². The Balaban J connectivity index is 2.54. The van der Waals surface area contributed by atoms with Crippen LogP contribution >= 0.6 is 0 Å². The minimum atomic E-state index is -0.0347. The predicted molar refractivity (Wildman–Crippen MR) is 44.3 cm³/mol. The maximum atomic E-state index is 5.62. The Kier molecular flexibility index (Phi) is 2.26. The lowest BCUT2D eigenvalue weighted by molar-refractivity contribution is -0.128. The molecule has 0 aromatic rings. The van der Waals surface area contributed by atoms with Crippen molar-refractivity contribution >= 4 is 0 Å². The highest BCUT2D eigenvalue weighted by atomic mass is 16.7. The lowest BCUT2D eigenvalue weighted by Crippen LogP contribution is -2.27. The van der Waals surface area contributed by atoms with Crippen LogP contribution in [0.25, 0.3) is 0 Å². The van der Waals surface area contributed by atoms with Gasteiger partial charge in [-0.25, -0.2) is 0 Å². The molecule has 1 fully saturated rings. The summed E-state index contributed by atoms with van der Waals surface area (Å²) in [6.07, 6.45) is 0.436. The molecule has 0 amide bonds. The van der Waals surface area contributed by atoms with Crippen molar-refractivity contribution in [2.24, 2.45) is 5.41 Å². The van der Waals surface area contributed by atoms with Gasteiger partial charge in [-0.2, -0.15) is 0 Å². The first kappa shape index (κ1) is 9.01. The number of hydrogen-bond donors (Lipinski definition) is 0. The fourth-order valence-corrected chi connectivity index (χ4v) is 1.05. The zero-order valence-corrected chi connectivity index (χ0v) is 8.05. The van der Waals surface area contributed by atoms with E-state index in [1.54, 1.807) is 0 Å². The van der Waals surface area contributed by atoms with Crippen molar-refractivity contribution in [2.75, 3.05) is 0 Å². The molecule has 0 N–H and O–H groups in total. The van der Waals surface area contributed by atoms with E-state index in [1.165, 1.54) is 0 Å². The van der Waals surface area contributed by atoms with Crippen LogP contribution < -0.4 is 0 Å². The first-order valence-electron chi connectivity index (χ1n) is 4.22. The Hall–Kier alpha value is -0.0800. The highest BCUT2D eigenvalue weighted by Crippen LogP contribution is 2.31. The molecule has 0 radical (unpaired) electrons. The summed E-state index contributed by atoms with van der Waals surface area (Å²) in [4.78, 5) is 0. The first-order chi connectivity index (χ1) is 4.91. The zero-order chi connectivity index (χ0) is 8.65. The Labute approximate surface area is 68.9 Å². The summed E-state index contributed by atoms with van der Waals surface area (Å²) in [7, 11) is 0. The van der Waals surface area contributed by atoms with E-state index in [0.29, 0.717) is 0 Å². The summed E-state index contributed by atoms with van der Waals surface area (Å²) in [6, 6.07) is 0. The van der Waals surface area contributed by atoms with E-state index in [4.69, 9.17) is 9.47 Å². The van der Waals surface area contributed by atoms with E-state index in [9.17, 15) is 0 Å². The second kappa shape index (κ2) is 2.76. The van der Waals surface area contributed by atoms with E-state index >= 15 is 0 Å². The third-order valence-corrected chi connectivity index (χ3v) is 2.04. The van der Waals surface area contributed by atoms with Gasteiger partial charge in [0.15, 0.2) is 6.29 Å². The van der Waals surface area contributed by atoms with Gasteiger partial charge < -0.3 is 9.47 Å². The van der Waals surface area contributed by atoms with Crippen LogP contribution in [0.4, 0.5) is 0 Å². The lowest BCUT2D eigenvalue weighted by atomic mass is 9.96. The van der Waals surface area contributed by atoms with E-state index in [1.807, 2.05) is 0 Å². The smallest absolute Gasteiger partial charge is 0.163 e. The summed E-state index contributed by atoms with van der Waals surface area (Å²) >= 11 is 0. The Morgan fingerprint density at radius 1 is 0.909 bits per heavy atom. The van der Waals surface area contributed by atoms with E-state index in [2.05, 4.69) is 34.6 Å². The number of ether oxygens (including phenoxy) is 2. The summed E-state index contributed by atoms with van der Waals surface area (Å²) < 4.78 is 11.2. The molecule has 0 unspecified atom stereocenters. The van der Waals surface area contributed by atoms with Crippen LogP contribution in [0.15, 0.2) is 0 Å². The van der Waals surface area contributed by atoms with Gasteiger partial charge in [0.05, 0.1) is 12.2 Å². The van der Waals surface area contributed by atoms with Gasteiger partial charge in [0.25, 0.3) is 0 Å². The van der Waals surface area contributed by atoms with Crippen LogP contribution in [0.5, 0.6) is 0 Å². The molecule has 0 aromatic carbocycles. The second-order valence-electron chi connectivity index (χ2n) is 4.38. The van der Waals surface area contributed by atoms with Crippen molar-refractivity contribution < 1.29 is 9.47 Å². The van der Waals surface area contributed by atoms with Gasteiger partial charge in [-0.05, 0) is 13.8 Å². The molecule has 0 bridgehead atoms. The number of rotatable bonds is 0. The Bertz CT molecular complexity index is 127. The van der Waals surface area contributed by atoms with Crippen molar-refractivity contribution in [3.05, 3.63) is 0 Å². The van der Waals surface area contributed by atoms with E-state index < -0.39 is 0 Å². The molecule has 2 heteroatoms. The minimum absolute atomic E-state index is 0.0347. The molecule has 1 saturated heterocycles. The van der Waals surface area contributed by atoms with Crippen molar-refractivity contribution in [2.45, 2.75) is 53.1 Å². The fraction of sp³-hybridized carbons (Fsp3) is 1.00. The quantitative estimate of drug-likeness (QED) is 0.538. The summed E-state index contributed by atoms with van der Waals surface area (Å²) in [6.45, 7) is 10.5. The van der Waals surface area contributed by atoms with Crippen LogP contribution in [-0.2, 0) is 9.47 Å². The van der Waals surface area contributed by atoms with Crippen molar-refractivity contribution in [1.29, 1.82) is 0 Å². The van der Waals surface area contributed by atoms with Crippen LogP contribution in [0.1, 0.15) is 34.6 Å². The van der Waals surface area contributed by atoms with Crippen molar-refractivity contribution in [3.63, 3.8) is 0 Å². The predicted octanol–water partition coefficient (Wildman–Crippen LogP) is 2.18. The Morgan fingerprint density at radius 3 is 1.45 bits per heavy atom. The van der Waals surface area contributed by atoms with Gasteiger partial charge in [-0.1, -0.05) is 20.8 Å². The van der Waals surface area contributed by atoms with Crippen molar-refractivity contribution in [1.82, 2.24) is 0 Å². The van der Waals surface area contributed by atoms with Gasteiger partial charge in [0, 0.05) is 5.41 Å². The van der Waals surface area contributed by atoms with Gasteiger partial charge in [-0.15, -0.1) is 0 Å². The molecule has 11 heavy (non-hydrogen) atoms. The highest BCUT2D eigenvalue weighted by Gasteiger charge is 2.37. The molecule has 0 aliphatic carbocycles. The monoisotopic (exact) mass is 158 g/mol. The lowest BCUT2D eigenvalue weighted by Gasteiger charge is -2.25. The maximum absolute atomic E-state index is 5.62. The van der Waals surface area contributed by atoms with Gasteiger partial charge >= 0.3 is 0 Å². The minimum Gasteiger partial charge on any atom is -0.346 e. The third kappa shape index (κ3) is 1.94. The highest BCUT2D eigenvalue weighted by molar-refractivity contribution is 4.76. The standard InChI is InChI=1S/C9H18O2/c1-6-7(2)11-8(10-6)9(3,4)5/h6-8H,1-5H3/t6-,7-/m1/s1. The molecule has 2 atom stereocenters. The normalized spacial score (nSPS) is 34.6. The zero-order valence-electron chi connectivity index (χ0n) is 8.05. The average molecular weight is 158 g/mol. The topological polar surface area (TPSA) is 18.5 Å². The average Bonchev–Trinajstić information content (AvgIpc) is 2.11. The second-order valence-corrected chi connectivity index (χ2v) is 4.38. The third-order valence-electron chi connectivity index (χ3n) is 2.04. The van der Waals surface area contributed by atoms with Gasteiger partial charge in [-0.3, -0.25) is 0 Å². The largest absolute Gasteiger partial charge is 0.346 e. The van der Waals surface area contributed by atoms with Gasteiger partial charge in [0.2, 0.25) is 0 Å². The molecule has 1 aliphatic rings. The molecular formula is C9H18O2. The molecule has 66 valence electrons. The van der Waals surface area contributed by atoms with Crippen LogP contribution in [0, 0.1) is 5.41 Å². The summed E-state index contributed by atoms with van der Waals surface area (Å²) in [5.41, 5.74) is 0.0962. The molecule has 1 rings (SSSR count). The van der Waals surface area contributed by atoms with Crippen LogP contribution in [0.3, 0.4) is 0 Å². The first-order valence-corrected chi connectivity index (χ1v) is 4.22. The molecular weight excluding hydrogens is 140 g/mol. The SMILES string of the molecule is C[C@H]1OC(C(C)(C)C)O[C@@H]1C. The summed E-state index contributed by atoms with van der Waals surface area (Å²) in [5, 5.41) is 0. The molecule has 0 spiro atoms. The number of hydrogen-bond acceptors (Lipinski definition) is 2. The van der Waals surface area contributed by atoms with E-state index in [-0.39, 0.29) is 23.9 Å². The molecule has 2 nitrogen and oxygen atoms in total. The van der Waals surface area contributed by atoms with Crippen LogP contribution in [-0.4, -0.2) is 18.5 Å². The fourth-order valence-electron chi connectivity index (χ4n) is 1.05. The van der Waals surface area contributed by atoms with Gasteiger partial charge in [0.1, 0.15) is 0 Å². The van der Waals surface area contributed by atoms with Crippen molar-refractivity contribution in [3.8, 4) is 0 Å². The maximum Gasteiger partial charge on any atom is 0.163 e. The molecule has 1 aliphatic heterocycles.